The second-order valence-corrected chi connectivity index (χ2v) is 7.82. The van der Waals surface area contributed by atoms with Crippen LogP contribution in [0.1, 0.15) is 17.5 Å². The number of para-hydroxylation sites is 1. The molecule has 0 saturated carbocycles. The van der Waals surface area contributed by atoms with Crippen LogP contribution in [0.5, 0.6) is 0 Å². The molecule has 0 atom stereocenters. The number of hydrogen-bond acceptors (Lipinski definition) is 3. The van der Waals surface area contributed by atoms with E-state index in [2.05, 4.69) is 5.32 Å². The Bertz CT molecular complexity index is 864. The quantitative estimate of drug-likeness (QED) is 0.801. The van der Waals surface area contributed by atoms with E-state index in [0.29, 0.717) is 4.31 Å². The summed E-state index contributed by atoms with van der Waals surface area (Å²) in [5, 5.41) is 2.66. The molecule has 0 heterocycles. The zero-order valence-corrected chi connectivity index (χ0v) is 15.3. The van der Waals surface area contributed by atoms with E-state index in [1.165, 1.54) is 0 Å². The Labute approximate surface area is 151 Å². The molecule has 1 amide bonds. The van der Waals surface area contributed by atoms with Gasteiger partial charge in [0, 0.05) is 19.5 Å². The summed E-state index contributed by atoms with van der Waals surface area (Å²) in [4.78, 5) is 12.0. The molecule has 2 aromatic carbocycles. The Morgan fingerprint density at radius 2 is 1.65 bits per heavy atom. The fourth-order valence-corrected chi connectivity index (χ4v) is 3.30. The van der Waals surface area contributed by atoms with Crippen LogP contribution in [0.15, 0.2) is 42.5 Å². The van der Waals surface area contributed by atoms with Crippen molar-refractivity contribution in [1.82, 2.24) is 5.32 Å². The molecule has 0 saturated heterocycles. The molecule has 0 aliphatic rings. The van der Waals surface area contributed by atoms with Crippen LogP contribution < -0.4 is 9.62 Å². The van der Waals surface area contributed by atoms with E-state index in [-0.39, 0.29) is 19.5 Å². The minimum absolute atomic E-state index is 0.229. The summed E-state index contributed by atoms with van der Waals surface area (Å²) in [5.41, 5.74) is 1.31. The second-order valence-electron chi connectivity index (χ2n) is 5.92. The predicted molar refractivity (Wildman–Crippen MR) is 96.2 cm³/mol. The van der Waals surface area contributed by atoms with E-state index in [1.807, 2.05) is 31.2 Å². The first-order valence-corrected chi connectivity index (χ1v) is 9.77. The third-order valence-electron chi connectivity index (χ3n) is 3.74. The van der Waals surface area contributed by atoms with Crippen molar-refractivity contribution in [3.8, 4) is 0 Å². The number of nitrogens with one attached hydrogen (secondary N) is 1. The van der Waals surface area contributed by atoms with Gasteiger partial charge in [0.1, 0.15) is 5.69 Å². The summed E-state index contributed by atoms with van der Waals surface area (Å²) in [6.45, 7) is 1.87. The monoisotopic (exact) mass is 382 g/mol. The summed E-state index contributed by atoms with van der Waals surface area (Å²) in [7, 11) is -3.96. The second kappa shape index (κ2) is 8.27. The van der Waals surface area contributed by atoms with Gasteiger partial charge in [0.2, 0.25) is 15.9 Å². The van der Waals surface area contributed by atoms with Gasteiger partial charge in [-0.2, -0.15) is 0 Å². The normalized spacial score (nSPS) is 11.2. The number of amides is 1. The molecule has 0 aliphatic carbocycles. The number of aryl methyl sites for hydroxylation is 1. The van der Waals surface area contributed by atoms with Crippen molar-refractivity contribution < 1.29 is 22.0 Å². The van der Waals surface area contributed by atoms with Crippen molar-refractivity contribution in [3.05, 3.63) is 65.2 Å². The van der Waals surface area contributed by atoms with Crippen LogP contribution in [-0.2, 0) is 21.4 Å². The fourth-order valence-electron chi connectivity index (χ4n) is 2.37. The molecule has 26 heavy (non-hydrogen) atoms. The van der Waals surface area contributed by atoms with E-state index in [9.17, 15) is 22.0 Å². The van der Waals surface area contributed by atoms with Gasteiger partial charge in [0.25, 0.3) is 0 Å². The number of nitrogens with zero attached hydrogens (tertiary/aromatic N) is 1. The van der Waals surface area contributed by atoms with E-state index in [0.717, 1.165) is 35.6 Å². The van der Waals surface area contributed by atoms with E-state index in [4.69, 9.17) is 0 Å². The molecule has 2 rings (SSSR count). The largest absolute Gasteiger partial charge is 0.352 e. The molecule has 0 bridgehead atoms. The summed E-state index contributed by atoms with van der Waals surface area (Å²) in [5.74, 6) is -2.43. The molecule has 0 spiro atoms. The summed E-state index contributed by atoms with van der Waals surface area (Å²) < 4.78 is 52.2. The summed E-state index contributed by atoms with van der Waals surface area (Å²) >= 11 is 0. The molecule has 0 unspecified atom stereocenters. The number of carbonyl (C=O) groups excluding carboxylic acids is 1. The van der Waals surface area contributed by atoms with Crippen LogP contribution >= 0.6 is 0 Å². The van der Waals surface area contributed by atoms with E-state index < -0.39 is 33.3 Å². The highest BCUT2D eigenvalue weighted by atomic mass is 32.2. The molecular formula is C18H20F2N2O3S. The van der Waals surface area contributed by atoms with Crippen LogP contribution in [0.4, 0.5) is 14.5 Å². The zero-order valence-electron chi connectivity index (χ0n) is 14.5. The molecular weight excluding hydrogens is 362 g/mol. The van der Waals surface area contributed by atoms with Crippen molar-refractivity contribution >= 4 is 21.6 Å². The SMILES string of the molecule is Cc1ccc(CNC(=O)CCN(c2c(F)cccc2F)S(C)(=O)=O)cc1. The van der Waals surface area contributed by atoms with Gasteiger partial charge >= 0.3 is 0 Å². The Morgan fingerprint density at radius 3 is 2.19 bits per heavy atom. The number of sulfonamides is 1. The molecule has 0 radical (unpaired) electrons. The predicted octanol–water partition coefficient (Wildman–Crippen LogP) is 2.75. The third-order valence-corrected chi connectivity index (χ3v) is 4.91. The zero-order chi connectivity index (χ0) is 19.3. The maximum Gasteiger partial charge on any atom is 0.232 e. The van der Waals surface area contributed by atoms with Gasteiger partial charge in [-0.1, -0.05) is 35.9 Å². The smallest absolute Gasteiger partial charge is 0.232 e. The van der Waals surface area contributed by atoms with Gasteiger partial charge in [-0.25, -0.2) is 17.2 Å². The lowest BCUT2D eigenvalue weighted by molar-refractivity contribution is -0.121. The van der Waals surface area contributed by atoms with Crippen molar-refractivity contribution in [2.45, 2.75) is 19.9 Å². The highest BCUT2D eigenvalue weighted by molar-refractivity contribution is 7.92. The summed E-state index contributed by atoms with van der Waals surface area (Å²) in [6.07, 6.45) is 0.607. The van der Waals surface area contributed by atoms with Gasteiger partial charge in [0.05, 0.1) is 6.26 Å². The van der Waals surface area contributed by atoms with Gasteiger partial charge in [-0.3, -0.25) is 9.10 Å². The van der Waals surface area contributed by atoms with Crippen LogP contribution in [0, 0.1) is 18.6 Å². The van der Waals surface area contributed by atoms with Crippen molar-refractivity contribution in [3.63, 3.8) is 0 Å². The average Bonchev–Trinajstić information content (AvgIpc) is 2.55. The lowest BCUT2D eigenvalue weighted by Gasteiger charge is -2.23. The Morgan fingerprint density at radius 1 is 1.08 bits per heavy atom. The minimum atomic E-state index is -3.96. The third kappa shape index (κ3) is 5.26. The molecule has 0 aliphatic heterocycles. The Balaban J connectivity index is 2.03. The van der Waals surface area contributed by atoms with Crippen LogP contribution in [-0.4, -0.2) is 27.1 Å². The number of carbonyl (C=O) groups is 1. The van der Waals surface area contributed by atoms with Gasteiger partial charge in [0.15, 0.2) is 11.6 Å². The van der Waals surface area contributed by atoms with Crippen LogP contribution in [0.2, 0.25) is 0 Å². The number of benzene rings is 2. The molecule has 2 aromatic rings. The number of rotatable bonds is 7. The van der Waals surface area contributed by atoms with Crippen LogP contribution in [0.3, 0.4) is 0 Å². The Kier molecular flexibility index (Phi) is 6.31. The minimum Gasteiger partial charge on any atom is -0.352 e. The first-order chi connectivity index (χ1) is 12.2. The molecule has 8 heteroatoms. The highest BCUT2D eigenvalue weighted by Gasteiger charge is 2.24. The molecule has 0 aromatic heterocycles. The van der Waals surface area contributed by atoms with Gasteiger partial charge < -0.3 is 5.32 Å². The highest BCUT2D eigenvalue weighted by Crippen LogP contribution is 2.25. The average molecular weight is 382 g/mol. The number of anilines is 1. The number of halogens is 2. The number of hydrogen-bond donors (Lipinski definition) is 1. The Hall–Kier alpha value is -2.48. The maximum atomic E-state index is 13.9. The maximum absolute atomic E-state index is 13.9. The topological polar surface area (TPSA) is 66.5 Å². The lowest BCUT2D eigenvalue weighted by atomic mass is 10.1. The molecule has 140 valence electrons. The summed E-state index contributed by atoms with van der Waals surface area (Å²) in [6, 6.07) is 10.6. The van der Waals surface area contributed by atoms with Crippen molar-refractivity contribution in [2.24, 2.45) is 0 Å². The van der Waals surface area contributed by atoms with Gasteiger partial charge in [-0.15, -0.1) is 0 Å². The first-order valence-electron chi connectivity index (χ1n) is 7.92. The standard InChI is InChI=1S/C18H20F2N2O3S/c1-13-6-8-14(9-7-13)12-21-17(23)10-11-22(26(2,24)25)18-15(19)4-3-5-16(18)20/h3-9H,10-12H2,1-2H3,(H,21,23). The van der Waals surface area contributed by atoms with E-state index >= 15 is 0 Å². The molecule has 1 N–H and O–H groups in total. The van der Waals surface area contributed by atoms with E-state index in [1.54, 1.807) is 0 Å². The fraction of sp³-hybridized carbons (Fsp3) is 0.278. The van der Waals surface area contributed by atoms with Crippen molar-refractivity contribution in [1.29, 1.82) is 0 Å². The lowest BCUT2D eigenvalue weighted by Crippen LogP contribution is -2.35. The first kappa shape index (κ1) is 19.8. The van der Waals surface area contributed by atoms with Crippen LogP contribution in [0.25, 0.3) is 0 Å². The molecule has 0 fully saturated rings. The molecule has 5 nitrogen and oxygen atoms in total. The van der Waals surface area contributed by atoms with Gasteiger partial charge in [-0.05, 0) is 24.6 Å². The van der Waals surface area contributed by atoms with Crippen molar-refractivity contribution in [2.75, 3.05) is 17.1 Å².